The van der Waals surface area contributed by atoms with E-state index in [0.29, 0.717) is 29.8 Å². The second kappa shape index (κ2) is 9.76. The largest absolute Gasteiger partial charge is 0.492 e. The highest BCUT2D eigenvalue weighted by atomic mass is 16.7. The molecule has 2 aromatic rings. The summed E-state index contributed by atoms with van der Waals surface area (Å²) in [5.41, 5.74) is 1.39. The van der Waals surface area contributed by atoms with Crippen LogP contribution in [0.2, 0.25) is 0 Å². The first kappa shape index (κ1) is 21.8. The SMILES string of the molecule is O=C(COCC(=O)On1c(O)ccc1O)Nc1ccc(CCC(=O)N2CCC2=O)cc1. The normalized spacial score (nSPS) is 12.9. The predicted molar refractivity (Wildman–Crippen MR) is 105 cm³/mol. The van der Waals surface area contributed by atoms with Gasteiger partial charge in [0.05, 0.1) is 0 Å². The maximum absolute atomic E-state index is 11.9. The Balaban J connectivity index is 1.36. The van der Waals surface area contributed by atoms with Gasteiger partial charge >= 0.3 is 5.97 Å². The second-order valence-electron chi connectivity index (χ2n) is 6.73. The van der Waals surface area contributed by atoms with E-state index >= 15 is 0 Å². The average molecular weight is 431 g/mol. The number of hydrogen-bond acceptors (Lipinski definition) is 8. The van der Waals surface area contributed by atoms with Crippen LogP contribution >= 0.6 is 0 Å². The van der Waals surface area contributed by atoms with Crippen LogP contribution in [0.3, 0.4) is 0 Å². The van der Waals surface area contributed by atoms with E-state index in [9.17, 15) is 29.4 Å². The number of likely N-dealkylation sites (tertiary alicyclic amines) is 1. The van der Waals surface area contributed by atoms with Gasteiger partial charge < -0.3 is 25.1 Å². The van der Waals surface area contributed by atoms with Gasteiger partial charge in [0.15, 0.2) is 0 Å². The van der Waals surface area contributed by atoms with Crippen molar-refractivity contribution in [3.63, 3.8) is 0 Å². The van der Waals surface area contributed by atoms with Crippen LogP contribution in [-0.2, 0) is 30.3 Å². The molecule has 0 spiro atoms. The van der Waals surface area contributed by atoms with E-state index in [2.05, 4.69) is 10.2 Å². The van der Waals surface area contributed by atoms with Gasteiger partial charge in [-0.15, -0.1) is 4.73 Å². The molecule has 1 fully saturated rings. The lowest BCUT2D eigenvalue weighted by Crippen LogP contribution is -2.47. The first-order valence-electron chi connectivity index (χ1n) is 9.44. The van der Waals surface area contributed by atoms with E-state index in [1.165, 1.54) is 4.90 Å². The number of imide groups is 1. The Morgan fingerprint density at radius 1 is 1.00 bits per heavy atom. The molecule has 1 saturated heterocycles. The number of aromatic nitrogens is 1. The van der Waals surface area contributed by atoms with Crippen LogP contribution in [-0.4, -0.2) is 63.3 Å². The van der Waals surface area contributed by atoms with Gasteiger partial charge in [-0.3, -0.25) is 19.3 Å². The van der Waals surface area contributed by atoms with Crippen molar-refractivity contribution >= 4 is 29.4 Å². The predicted octanol–water partition coefficient (Wildman–Crippen LogP) is 0.201. The van der Waals surface area contributed by atoms with Crippen molar-refractivity contribution in [2.75, 3.05) is 25.1 Å². The van der Waals surface area contributed by atoms with Gasteiger partial charge in [-0.25, -0.2) is 4.79 Å². The number of benzene rings is 1. The van der Waals surface area contributed by atoms with E-state index in [0.717, 1.165) is 17.7 Å². The monoisotopic (exact) mass is 431 g/mol. The van der Waals surface area contributed by atoms with Crippen molar-refractivity contribution in [3.8, 4) is 11.8 Å². The highest BCUT2D eigenvalue weighted by Crippen LogP contribution is 2.18. The number of anilines is 1. The number of carbonyl (C=O) groups is 4. The Morgan fingerprint density at radius 2 is 1.68 bits per heavy atom. The smallest absolute Gasteiger partial charge is 0.358 e. The zero-order valence-corrected chi connectivity index (χ0v) is 16.4. The van der Waals surface area contributed by atoms with Gasteiger partial charge in [-0.1, -0.05) is 12.1 Å². The molecule has 1 aliphatic heterocycles. The number of nitrogens with zero attached hydrogens (tertiary/aromatic N) is 2. The lowest BCUT2D eigenvalue weighted by molar-refractivity contribution is -0.153. The molecule has 2 heterocycles. The number of rotatable bonds is 9. The number of amides is 3. The van der Waals surface area contributed by atoms with Crippen LogP contribution in [0.25, 0.3) is 0 Å². The molecule has 11 nitrogen and oxygen atoms in total. The van der Waals surface area contributed by atoms with Crippen molar-refractivity contribution in [3.05, 3.63) is 42.0 Å². The first-order valence-corrected chi connectivity index (χ1v) is 9.44. The third kappa shape index (κ3) is 5.82. The zero-order chi connectivity index (χ0) is 22.4. The zero-order valence-electron chi connectivity index (χ0n) is 16.4. The third-order valence-electron chi connectivity index (χ3n) is 4.46. The van der Waals surface area contributed by atoms with Crippen LogP contribution in [0, 0.1) is 0 Å². The molecule has 3 amide bonds. The Labute approximate surface area is 176 Å². The van der Waals surface area contributed by atoms with Crippen LogP contribution in [0.4, 0.5) is 5.69 Å². The minimum atomic E-state index is -0.923. The molecule has 1 aliphatic rings. The van der Waals surface area contributed by atoms with E-state index in [1.807, 2.05) is 0 Å². The Morgan fingerprint density at radius 3 is 2.26 bits per heavy atom. The average Bonchev–Trinajstić information content (AvgIpc) is 3.04. The van der Waals surface area contributed by atoms with Crippen LogP contribution in [0.5, 0.6) is 11.8 Å². The first-order chi connectivity index (χ1) is 14.8. The maximum atomic E-state index is 11.9. The van der Waals surface area contributed by atoms with E-state index in [1.54, 1.807) is 24.3 Å². The van der Waals surface area contributed by atoms with Crippen molar-refractivity contribution in [2.24, 2.45) is 0 Å². The molecule has 0 bridgehead atoms. The highest BCUT2D eigenvalue weighted by Gasteiger charge is 2.29. The number of β-lactam (4-membered cyclic amide) rings is 1. The van der Waals surface area contributed by atoms with Gasteiger partial charge in [-0.05, 0) is 24.1 Å². The molecule has 3 N–H and O–H groups in total. The molecule has 0 unspecified atom stereocenters. The van der Waals surface area contributed by atoms with Crippen molar-refractivity contribution < 1.29 is 39.0 Å². The highest BCUT2D eigenvalue weighted by molar-refractivity contribution is 5.99. The van der Waals surface area contributed by atoms with Crippen LogP contribution < -0.4 is 10.2 Å². The van der Waals surface area contributed by atoms with Crippen molar-refractivity contribution in [2.45, 2.75) is 19.3 Å². The Kier molecular flexibility index (Phi) is 6.88. The lowest BCUT2D eigenvalue weighted by atomic mass is 10.1. The van der Waals surface area contributed by atoms with Crippen molar-refractivity contribution in [1.82, 2.24) is 9.63 Å². The standard InChI is InChI=1S/C20H21N3O8/c24-15(11-30-12-20(29)31-23-18(27)7-8-19(23)28)21-14-4-1-13(2-5-14)3-6-16(25)22-10-9-17(22)26/h1-2,4-5,7-8,27-28H,3,6,9-12H2,(H,21,24). The summed E-state index contributed by atoms with van der Waals surface area (Å²) in [5.74, 6) is -2.69. The fourth-order valence-corrected chi connectivity index (χ4v) is 2.77. The molecule has 1 aromatic heterocycles. The van der Waals surface area contributed by atoms with E-state index in [-0.39, 0.29) is 18.2 Å². The Hall–Kier alpha value is -3.86. The molecule has 164 valence electrons. The summed E-state index contributed by atoms with van der Waals surface area (Å²) in [4.78, 5) is 52.6. The molecule has 11 heteroatoms. The van der Waals surface area contributed by atoms with Crippen LogP contribution in [0.15, 0.2) is 36.4 Å². The molecule has 0 aliphatic carbocycles. The summed E-state index contributed by atoms with van der Waals surface area (Å²) in [7, 11) is 0. The summed E-state index contributed by atoms with van der Waals surface area (Å²) in [5, 5.41) is 21.3. The number of hydrogen-bond donors (Lipinski definition) is 3. The summed E-state index contributed by atoms with van der Waals surface area (Å²) in [6.07, 6.45) is 1.14. The fourth-order valence-electron chi connectivity index (χ4n) is 2.77. The van der Waals surface area contributed by atoms with Gasteiger partial charge in [0.1, 0.15) is 13.2 Å². The molecule has 0 radical (unpaired) electrons. The lowest BCUT2D eigenvalue weighted by Gasteiger charge is -2.28. The topological polar surface area (TPSA) is 147 Å². The maximum Gasteiger partial charge on any atom is 0.358 e. The number of aryl methyl sites for hydroxylation is 1. The van der Waals surface area contributed by atoms with E-state index in [4.69, 9.17) is 4.74 Å². The number of nitrogens with one attached hydrogen (secondary N) is 1. The second-order valence-corrected chi connectivity index (χ2v) is 6.73. The van der Waals surface area contributed by atoms with Gasteiger partial charge in [0.25, 0.3) is 0 Å². The van der Waals surface area contributed by atoms with Gasteiger partial charge in [-0.2, -0.15) is 0 Å². The van der Waals surface area contributed by atoms with Crippen LogP contribution in [0.1, 0.15) is 18.4 Å². The summed E-state index contributed by atoms with van der Waals surface area (Å²) < 4.78 is 5.48. The third-order valence-corrected chi connectivity index (χ3v) is 4.46. The minimum Gasteiger partial charge on any atom is -0.492 e. The quantitative estimate of drug-likeness (QED) is 0.477. The van der Waals surface area contributed by atoms with Gasteiger partial charge in [0.2, 0.25) is 29.5 Å². The molecule has 0 atom stereocenters. The van der Waals surface area contributed by atoms with E-state index < -0.39 is 36.9 Å². The van der Waals surface area contributed by atoms with Crippen molar-refractivity contribution in [1.29, 1.82) is 0 Å². The summed E-state index contributed by atoms with van der Waals surface area (Å²) in [6.45, 7) is -0.504. The molecule has 1 aromatic carbocycles. The molecule has 31 heavy (non-hydrogen) atoms. The minimum absolute atomic E-state index is 0.139. The number of aromatic hydroxyl groups is 2. The number of carbonyl (C=O) groups excluding carboxylic acids is 4. The molecule has 3 rings (SSSR count). The molecular formula is C20H21N3O8. The fraction of sp³-hybridized carbons (Fsp3) is 0.300. The number of ether oxygens (including phenoxy) is 1. The van der Waals surface area contributed by atoms with Gasteiger partial charge in [0, 0.05) is 37.2 Å². The summed E-state index contributed by atoms with van der Waals surface area (Å²) in [6, 6.07) is 9.11. The Bertz CT molecular complexity index is 963. The summed E-state index contributed by atoms with van der Waals surface area (Å²) >= 11 is 0. The molecule has 0 saturated carbocycles. The molecular weight excluding hydrogens is 410 g/mol.